The average Bonchev–Trinajstić information content (AvgIpc) is 2.74. The van der Waals surface area contributed by atoms with Crippen molar-refractivity contribution < 1.29 is 9.53 Å². The Morgan fingerprint density at radius 2 is 2.16 bits per heavy atom. The minimum Gasteiger partial charge on any atom is -0.463 e. The Kier molecular flexibility index (Phi) is 4.39. The van der Waals surface area contributed by atoms with Gasteiger partial charge in [0.15, 0.2) is 0 Å². The van der Waals surface area contributed by atoms with Crippen LogP contribution in [0.15, 0.2) is 36.4 Å². The molecule has 19 heavy (non-hydrogen) atoms. The van der Waals surface area contributed by atoms with E-state index in [0.717, 1.165) is 24.1 Å². The van der Waals surface area contributed by atoms with Crippen molar-refractivity contribution >= 4 is 22.9 Å². The second kappa shape index (κ2) is 6.23. The number of fused-ring (bicyclic) bond motifs is 1. The zero-order chi connectivity index (χ0) is 13.7. The topological polar surface area (TPSA) is 31.2 Å². The number of para-hydroxylation sites is 1. The Labute approximate surface area is 113 Å². The molecule has 0 unspecified atom stereocenters. The first-order valence-electron chi connectivity index (χ1n) is 6.61. The average molecular weight is 257 g/mol. The third kappa shape index (κ3) is 3.25. The van der Waals surface area contributed by atoms with Crippen LogP contribution in [-0.2, 0) is 16.6 Å². The van der Waals surface area contributed by atoms with Gasteiger partial charge in [-0.15, -0.1) is 0 Å². The number of rotatable bonds is 5. The molecule has 0 spiro atoms. The summed E-state index contributed by atoms with van der Waals surface area (Å²) in [5, 5.41) is 1.17. The molecule has 0 radical (unpaired) electrons. The first kappa shape index (κ1) is 13.4. The predicted octanol–water partition coefficient (Wildman–Crippen LogP) is 3.53. The van der Waals surface area contributed by atoms with Crippen LogP contribution in [0.25, 0.3) is 17.0 Å². The smallest absolute Gasteiger partial charge is 0.330 e. The van der Waals surface area contributed by atoms with Gasteiger partial charge in [-0.25, -0.2) is 4.79 Å². The molecule has 0 aliphatic rings. The second-order valence-electron chi connectivity index (χ2n) is 4.54. The van der Waals surface area contributed by atoms with E-state index >= 15 is 0 Å². The zero-order valence-corrected chi connectivity index (χ0v) is 11.4. The monoisotopic (exact) mass is 257 g/mol. The molecule has 0 aliphatic heterocycles. The van der Waals surface area contributed by atoms with E-state index < -0.39 is 0 Å². The molecule has 3 heteroatoms. The van der Waals surface area contributed by atoms with Gasteiger partial charge in [0.25, 0.3) is 0 Å². The summed E-state index contributed by atoms with van der Waals surface area (Å²) in [6, 6.07) is 10.2. The van der Waals surface area contributed by atoms with Crippen molar-refractivity contribution in [2.24, 2.45) is 7.05 Å². The number of benzene rings is 1. The van der Waals surface area contributed by atoms with E-state index in [0.29, 0.717) is 6.61 Å². The van der Waals surface area contributed by atoms with Crippen LogP contribution in [0.5, 0.6) is 0 Å². The van der Waals surface area contributed by atoms with Gasteiger partial charge in [-0.05, 0) is 24.6 Å². The van der Waals surface area contributed by atoms with Crippen molar-refractivity contribution in [2.75, 3.05) is 6.61 Å². The van der Waals surface area contributed by atoms with E-state index in [-0.39, 0.29) is 5.97 Å². The summed E-state index contributed by atoms with van der Waals surface area (Å²) in [5.41, 5.74) is 2.15. The number of carbonyl (C=O) groups is 1. The molecule has 1 aromatic carbocycles. The minimum atomic E-state index is -0.279. The fourth-order valence-electron chi connectivity index (χ4n) is 1.99. The molecule has 1 heterocycles. The van der Waals surface area contributed by atoms with E-state index in [1.807, 2.05) is 19.2 Å². The number of ether oxygens (including phenoxy) is 1. The van der Waals surface area contributed by atoms with Gasteiger partial charge >= 0.3 is 5.97 Å². The standard InChI is InChI=1S/C16H19NO2/c1-3-4-11-19-16(18)10-9-14-12-13-7-5-6-8-15(13)17(14)2/h5-10,12H,3-4,11H2,1-2H3/b10-9+. The van der Waals surface area contributed by atoms with Gasteiger partial charge in [0, 0.05) is 29.7 Å². The molecule has 0 aliphatic carbocycles. The number of unbranched alkanes of at least 4 members (excludes halogenated alkanes) is 1. The number of esters is 1. The van der Waals surface area contributed by atoms with Crippen molar-refractivity contribution in [1.29, 1.82) is 0 Å². The molecule has 0 saturated carbocycles. The van der Waals surface area contributed by atoms with Crippen LogP contribution in [0.3, 0.4) is 0 Å². The fraction of sp³-hybridized carbons (Fsp3) is 0.312. The summed E-state index contributed by atoms with van der Waals surface area (Å²) in [4.78, 5) is 11.5. The molecule has 2 aromatic rings. The zero-order valence-electron chi connectivity index (χ0n) is 11.4. The lowest BCUT2D eigenvalue weighted by molar-refractivity contribution is -0.137. The lowest BCUT2D eigenvalue weighted by atomic mass is 10.2. The molecule has 1 aromatic heterocycles. The van der Waals surface area contributed by atoms with Gasteiger partial charge in [-0.2, -0.15) is 0 Å². The van der Waals surface area contributed by atoms with Gasteiger partial charge in [-0.1, -0.05) is 31.5 Å². The molecular weight excluding hydrogens is 238 g/mol. The Balaban J connectivity index is 2.08. The summed E-state index contributed by atoms with van der Waals surface area (Å²) >= 11 is 0. The highest BCUT2D eigenvalue weighted by Gasteiger charge is 2.03. The van der Waals surface area contributed by atoms with Crippen LogP contribution >= 0.6 is 0 Å². The van der Waals surface area contributed by atoms with Gasteiger partial charge < -0.3 is 9.30 Å². The van der Waals surface area contributed by atoms with Crippen molar-refractivity contribution in [3.05, 3.63) is 42.1 Å². The normalized spacial score (nSPS) is 11.3. The lowest BCUT2D eigenvalue weighted by Crippen LogP contribution is -2.02. The number of nitrogens with zero attached hydrogens (tertiary/aromatic N) is 1. The fourth-order valence-corrected chi connectivity index (χ4v) is 1.99. The highest BCUT2D eigenvalue weighted by Crippen LogP contribution is 2.19. The van der Waals surface area contributed by atoms with E-state index in [2.05, 4.69) is 29.7 Å². The summed E-state index contributed by atoms with van der Waals surface area (Å²) < 4.78 is 7.14. The number of aryl methyl sites for hydroxylation is 1. The molecule has 3 nitrogen and oxygen atoms in total. The molecule has 0 bridgehead atoms. The molecular formula is C16H19NO2. The molecule has 0 fully saturated rings. The first-order chi connectivity index (χ1) is 9.22. The summed E-state index contributed by atoms with van der Waals surface area (Å²) in [6.07, 6.45) is 5.23. The van der Waals surface area contributed by atoms with Gasteiger partial charge in [0.2, 0.25) is 0 Å². The number of carbonyl (C=O) groups excluding carboxylic acids is 1. The number of aromatic nitrogens is 1. The Morgan fingerprint density at radius 3 is 2.89 bits per heavy atom. The van der Waals surface area contributed by atoms with Crippen LogP contribution in [-0.4, -0.2) is 17.1 Å². The van der Waals surface area contributed by atoms with Crippen molar-refractivity contribution in [2.45, 2.75) is 19.8 Å². The molecule has 100 valence electrons. The van der Waals surface area contributed by atoms with Crippen molar-refractivity contribution in [3.8, 4) is 0 Å². The van der Waals surface area contributed by atoms with Gasteiger partial charge in [0.1, 0.15) is 0 Å². The SMILES string of the molecule is CCCCOC(=O)/C=C/c1cc2ccccc2n1C. The third-order valence-electron chi connectivity index (χ3n) is 3.12. The predicted molar refractivity (Wildman–Crippen MR) is 77.8 cm³/mol. The van der Waals surface area contributed by atoms with E-state index in [1.54, 1.807) is 6.08 Å². The van der Waals surface area contributed by atoms with Crippen LogP contribution in [0, 0.1) is 0 Å². The number of hydrogen-bond acceptors (Lipinski definition) is 2. The van der Waals surface area contributed by atoms with Gasteiger partial charge in [-0.3, -0.25) is 0 Å². The Bertz CT molecular complexity index is 596. The molecule has 2 rings (SSSR count). The van der Waals surface area contributed by atoms with Crippen LogP contribution in [0.4, 0.5) is 0 Å². The summed E-state index contributed by atoms with van der Waals surface area (Å²) in [5.74, 6) is -0.279. The van der Waals surface area contributed by atoms with E-state index in [4.69, 9.17) is 4.74 Å². The van der Waals surface area contributed by atoms with E-state index in [9.17, 15) is 4.79 Å². The minimum absolute atomic E-state index is 0.279. The van der Waals surface area contributed by atoms with Crippen LogP contribution in [0.1, 0.15) is 25.5 Å². The molecule has 0 saturated heterocycles. The summed E-state index contributed by atoms with van der Waals surface area (Å²) in [6.45, 7) is 2.56. The van der Waals surface area contributed by atoms with E-state index in [1.165, 1.54) is 11.5 Å². The Hall–Kier alpha value is -2.03. The first-order valence-corrected chi connectivity index (χ1v) is 6.61. The van der Waals surface area contributed by atoms with Crippen LogP contribution in [0.2, 0.25) is 0 Å². The highest BCUT2D eigenvalue weighted by atomic mass is 16.5. The second-order valence-corrected chi connectivity index (χ2v) is 4.54. The quantitative estimate of drug-likeness (QED) is 0.466. The van der Waals surface area contributed by atoms with Crippen molar-refractivity contribution in [1.82, 2.24) is 4.57 Å². The maximum Gasteiger partial charge on any atom is 0.330 e. The molecule has 0 N–H and O–H groups in total. The third-order valence-corrected chi connectivity index (χ3v) is 3.12. The molecule has 0 atom stereocenters. The Morgan fingerprint density at radius 1 is 1.37 bits per heavy atom. The van der Waals surface area contributed by atoms with Crippen LogP contribution < -0.4 is 0 Å². The molecule has 0 amide bonds. The van der Waals surface area contributed by atoms with Crippen molar-refractivity contribution in [3.63, 3.8) is 0 Å². The highest BCUT2D eigenvalue weighted by molar-refractivity contribution is 5.89. The number of hydrogen-bond donors (Lipinski definition) is 0. The maximum atomic E-state index is 11.5. The van der Waals surface area contributed by atoms with Gasteiger partial charge in [0.05, 0.1) is 6.61 Å². The largest absolute Gasteiger partial charge is 0.463 e. The lowest BCUT2D eigenvalue weighted by Gasteiger charge is -2.00. The summed E-state index contributed by atoms with van der Waals surface area (Å²) in [7, 11) is 1.99. The maximum absolute atomic E-state index is 11.5.